The Hall–Kier alpha value is -4.83. The second-order valence-electron chi connectivity index (χ2n) is 9.38. The minimum absolute atomic E-state index is 0.0942. The largest absolute Gasteiger partial charge is 0.496 e. The van der Waals surface area contributed by atoms with E-state index in [1.165, 1.54) is 18.1 Å². The van der Waals surface area contributed by atoms with Crippen LogP contribution in [0.2, 0.25) is 0 Å². The van der Waals surface area contributed by atoms with E-state index in [0.717, 1.165) is 5.56 Å². The summed E-state index contributed by atoms with van der Waals surface area (Å²) in [6.07, 6.45) is 0. The van der Waals surface area contributed by atoms with E-state index in [0.29, 0.717) is 46.9 Å². The van der Waals surface area contributed by atoms with E-state index >= 15 is 0 Å². The van der Waals surface area contributed by atoms with Crippen molar-refractivity contribution in [2.45, 2.75) is 4.90 Å². The number of benzene rings is 4. The van der Waals surface area contributed by atoms with Crippen LogP contribution < -0.4 is 20.1 Å². The smallest absolute Gasteiger partial charge is 0.261 e. The lowest BCUT2D eigenvalue weighted by Crippen LogP contribution is -2.29. The molecule has 0 fully saturated rings. The van der Waals surface area contributed by atoms with Gasteiger partial charge in [0.15, 0.2) is 0 Å². The van der Waals surface area contributed by atoms with E-state index < -0.39 is 10.0 Å². The Labute approximate surface area is 240 Å². The molecule has 4 aromatic rings. The summed E-state index contributed by atoms with van der Waals surface area (Å²) in [6, 6.07) is 27.5. The van der Waals surface area contributed by atoms with E-state index in [2.05, 4.69) is 15.4 Å². The van der Waals surface area contributed by atoms with E-state index in [-0.39, 0.29) is 16.7 Å². The van der Waals surface area contributed by atoms with Crippen LogP contribution in [0, 0.1) is 0 Å². The standard InChI is InChI=1S/C31H32N4O5S/c1-35(2)31(37)24-11-6-9-22(19-24)23-10-7-14-27(20-23)41(38,39)34-26-13-8-12-25(21-26)32-17-18-33-30(36)28-15-4-5-16-29(28)40-3/h4-16,19-21,32,34H,17-18H2,1-3H3,(H,33,36). The van der Waals surface area contributed by atoms with Crippen molar-refractivity contribution in [2.24, 2.45) is 0 Å². The van der Waals surface area contributed by atoms with Crippen molar-refractivity contribution in [3.8, 4) is 16.9 Å². The average Bonchev–Trinajstić information content (AvgIpc) is 2.99. The molecule has 0 aliphatic rings. The highest BCUT2D eigenvalue weighted by Crippen LogP contribution is 2.26. The molecular formula is C31H32N4O5S. The predicted octanol–water partition coefficient (Wildman–Crippen LogP) is 4.71. The maximum atomic E-state index is 13.2. The fraction of sp³-hybridized carbons (Fsp3) is 0.161. The Bertz CT molecular complexity index is 1650. The molecule has 4 rings (SSSR count). The van der Waals surface area contributed by atoms with Gasteiger partial charge in [0.1, 0.15) is 5.75 Å². The van der Waals surface area contributed by atoms with Crippen LogP contribution in [0.4, 0.5) is 11.4 Å². The number of para-hydroxylation sites is 1. The number of hydrogen-bond donors (Lipinski definition) is 3. The minimum atomic E-state index is -3.90. The maximum Gasteiger partial charge on any atom is 0.261 e. The average molecular weight is 573 g/mol. The van der Waals surface area contributed by atoms with Crippen molar-refractivity contribution in [1.29, 1.82) is 0 Å². The number of nitrogens with one attached hydrogen (secondary N) is 3. The first-order valence-corrected chi connectivity index (χ1v) is 14.4. The molecule has 0 heterocycles. The van der Waals surface area contributed by atoms with E-state index in [4.69, 9.17) is 4.74 Å². The van der Waals surface area contributed by atoms with Crippen LogP contribution >= 0.6 is 0 Å². The van der Waals surface area contributed by atoms with Crippen LogP contribution in [0.3, 0.4) is 0 Å². The maximum absolute atomic E-state index is 13.2. The van der Waals surface area contributed by atoms with Crippen LogP contribution in [-0.4, -0.2) is 59.4 Å². The number of nitrogens with zero attached hydrogens (tertiary/aromatic N) is 1. The van der Waals surface area contributed by atoms with Gasteiger partial charge in [-0.3, -0.25) is 14.3 Å². The highest BCUT2D eigenvalue weighted by atomic mass is 32.2. The normalized spacial score (nSPS) is 10.9. The van der Waals surface area contributed by atoms with Gasteiger partial charge in [0.05, 0.1) is 23.3 Å². The van der Waals surface area contributed by atoms with Crippen molar-refractivity contribution < 1.29 is 22.7 Å². The summed E-state index contributed by atoms with van der Waals surface area (Å²) in [6.45, 7) is 0.773. The van der Waals surface area contributed by atoms with Crippen molar-refractivity contribution in [1.82, 2.24) is 10.2 Å². The number of rotatable bonds is 11. The van der Waals surface area contributed by atoms with Crippen LogP contribution in [-0.2, 0) is 10.0 Å². The number of methoxy groups -OCH3 is 1. The monoisotopic (exact) mass is 572 g/mol. The zero-order chi connectivity index (χ0) is 29.4. The van der Waals surface area contributed by atoms with Crippen LogP contribution in [0.1, 0.15) is 20.7 Å². The second kappa shape index (κ2) is 13.0. The highest BCUT2D eigenvalue weighted by Gasteiger charge is 2.16. The zero-order valence-corrected chi connectivity index (χ0v) is 23.9. The molecule has 0 atom stereocenters. The molecule has 10 heteroatoms. The molecular weight excluding hydrogens is 540 g/mol. The number of anilines is 2. The third-order valence-corrected chi connectivity index (χ3v) is 7.58. The molecule has 0 saturated heterocycles. The lowest BCUT2D eigenvalue weighted by atomic mass is 10.0. The summed E-state index contributed by atoms with van der Waals surface area (Å²) in [5.74, 6) is 0.116. The molecule has 0 bridgehead atoms. The van der Waals surface area contributed by atoms with Gasteiger partial charge in [0.2, 0.25) is 0 Å². The summed E-state index contributed by atoms with van der Waals surface area (Å²) >= 11 is 0. The molecule has 0 saturated carbocycles. The van der Waals surface area contributed by atoms with Crippen molar-refractivity contribution >= 4 is 33.2 Å². The lowest BCUT2D eigenvalue weighted by molar-refractivity contribution is 0.0827. The molecule has 2 amide bonds. The molecule has 4 aromatic carbocycles. The van der Waals surface area contributed by atoms with E-state index in [1.807, 2.05) is 12.1 Å². The van der Waals surface area contributed by atoms with Gasteiger partial charge in [0.25, 0.3) is 21.8 Å². The van der Waals surface area contributed by atoms with Gasteiger partial charge in [-0.1, -0.05) is 42.5 Å². The van der Waals surface area contributed by atoms with Crippen LogP contribution in [0.15, 0.2) is 102 Å². The van der Waals surface area contributed by atoms with Crippen molar-refractivity contribution in [3.05, 3.63) is 108 Å². The molecule has 0 unspecified atom stereocenters. The van der Waals surface area contributed by atoms with E-state index in [9.17, 15) is 18.0 Å². The summed E-state index contributed by atoms with van der Waals surface area (Å²) in [4.78, 5) is 26.4. The van der Waals surface area contributed by atoms with Crippen molar-refractivity contribution in [2.75, 3.05) is 44.3 Å². The summed E-state index contributed by atoms with van der Waals surface area (Å²) in [5, 5.41) is 6.03. The zero-order valence-electron chi connectivity index (χ0n) is 23.0. The molecule has 41 heavy (non-hydrogen) atoms. The quantitative estimate of drug-likeness (QED) is 0.224. The summed E-state index contributed by atoms with van der Waals surface area (Å²) in [7, 11) is 0.979. The van der Waals surface area contributed by atoms with Crippen LogP contribution in [0.5, 0.6) is 5.75 Å². The molecule has 3 N–H and O–H groups in total. The Kier molecular flexibility index (Phi) is 9.26. The molecule has 0 aromatic heterocycles. The number of amides is 2. The number of sulfonamides is 1. The van der Waals surface area contributed by atoms with Gasteiger partial charge in [-0.2, -0.15) is 0 Å². The number of hydrogen-bond acceptors (Lipinski definition) is 6. The Morgan fingerprint density at radius 2 is 1.46 bits per heavy atom. The number of ether oxygens (including phenoxy) is 1. The first-order valence-electron chi connectivity index (χ1n) is 12.9. The Balaban J connectivity index is 1.40. The molecule has 212 valence electrons. The first kappa shape index (κ1) is 29.2. The van der Waals surface area contributed by atoms with Crippen molar-refractivity contribution in [3.63, 3.8) is 0 Å². The second-order valence-corrected chi connectivity index (χ2v) is 11.1. The highest BCUT2D eigenvalue weighted by molar-refractivity contribution is 7.92. The predicted molar refractivity (Wildman–Crippen MR) is 161 cm³/mol. The van der Waals surface area contributed by atoms with Gasteiger partial charge in [-0.15, -0.1) is 0 Å². The summed E-state index contributed by atoms with van der Waals surface area (Å²) < 4.78 is 34.3. The molecule has 9 nitrogen and oxygen atoms in total. The number of carbonyl (C=O) groups excluding carboxylic acids is 2. The third kappa shape index (κ3) is 7.43. The van der Waals surface area contributed by atoms with Gasteiger partial charge in [0, 0.05) is 38.4 Å². The molecule has 0 aliphatic heterocycles. The van der Waals surface area contributed by atoms with Gasteiger partial charge < -0.3 is 20.3 Å². The van der Waals surface area contributed by atoms with Crippen LogP contribution in [0.25, 0.3) is 11.1 Å². The van der Waals surface area contributed by atoms with Gasteiger partial charge in [-0.25, -0.2) is 8.42 Å². The lowest BCUT2D eigenvalue weighted by Gasteiger charge is -2.13. The molecule has 0 radical (unpaired) electrons. The van der Waals surface area contributed by atoms with Gasteiger partial charge in [-0.05, 0) is 65.7 Å². The van der Waals surface area contributed by atoms with Gasteiger partial charge >= 0.3 is 0 Å². The fourth-order valence-corrected chi connectivity index (χ4v) is 5.24. The SMILES string of the molecule is COc1ccccc1C(=O)NCCNc1cccc(NS(=O)(=O)c2cccc(-c3cccc(C(=O)N(C)C)c3)c2)c1. The first-order chi connectivity index (χ1) is 19.7. The number of carbonyl (C=O) groups is 2. The Morgan fingerprint density at radius 3 is 2.22 bits per heavy atom. The van der Waals surface area contributed by atoms with E-state index in [1.54, 1.807) is 93.0 Å². The molecule has 0 spiro atoms. The summed E-state index contributed by atoms with van der Waals surface area (Å²) in [5.41, 5.74) is 3.45. The Morgan fingerprint density at radius 1 is 0.780 bits per heavy atom. The molecule has 0 aliphatic carbocycles. The topological polar surface area (TPSA) is 117 Å². The third-order valence-electron chi connectivity index (χ3n) is 6.20. The minimum Gasteiger partial charge on any atom is -0.496 e. The fourth-order valence-electron chi connectivity index (χ4n) is 4.15.